The number of piperazine rings is 1. The van der Waals surface area contributed by atoms with Gasteiger partial charge in [0.25, 0.3) is 0 Å². The summed E-state index contributed by atoms with van der Waals surface area (Å²) in [6.07, 6.45) is 2.92. The van der Waals surface area contributed by atoms with Crippen molar-refractivity contribution in [3.63, 3.8) is 0 Å². The van der Waals surface area contributed by atoms with Gasteiger partial charge in [-0.15, -0.1) is 10.2 Å². The predicted octanol–water partition coefficient (Wildman–Crippen LogP) is 0.349. The topological polar surface area (TPSA) is 66.2 Å². The van der Waals surface area contributed by atoms with Crippen molar-refractivity contribution in [2.45, 2.75) is 12.1 Å². The third kappa shape index (κ3) is 3.72. The van der Waals surface area contributed by atoms with E-state index < -0.39 is 17.2 Å². The van der Waals surface area contributed by atoms with Crippen molar-refractivity contribution in [1.82, 2.24) is 25.0 Å². The molecule has 3 rings (SSSR count). The van der Waals surface area contributed by atoms with Crippen LogP contribution in [-0.2, 0) is 12.1 Å². The third-order valence-corrected chi connectivity index (χ3v) is 4.04. The van der Waals surface area contributed by atoms with Gasteiger partial charge in [-0.25, -0.2) is 8.78 Å². The maximum absolute atomic E-state index is 14.3. The molecule has 2 N–H and O–H groups in total. The second-order valence-corrected chi connectivity index (χ2v) is 5.82. The smallest absolute Gasteiger partial charge is 0.132 e. The first-order chi connectivity index (χ1) is 11.1. The van der Waals surface area contributed by atoms with Crippen LogP contribution in [0.5, 0.6) is 0 Å². The van der Waals surface area contributed by atoms with E-state index in [0.29, 0.717) is 0 Å². The molecular formula is C15H19F2N5O. The van der Waals surface area contributed by atoms with Gasteiger partial charge in [0.1, 0.15) is 29.9 Å². The number of hydrogen-bond donors (Lipinski definition) is 2. The van der Waals surface area contributed by atoms with Crippen LogP contribution >= 0.6 is 0 Å². The van der Waals surface area contributed by atoms with Gasteiger partial charge in [0, 0.05) is 44.4 Å². The molecule has 1 aromatic carbocycles. The van der Waals surface area contributed by atoms with Crippen molar-refractivity contribution in [2.75, 3.05) is 32.7 Å². The molecule has 0 saturated carbocycles. The lowest BCUT2D eigenvalue weighted by atomic mass is 9.92. The molecule has 23 heavy (non-hydrogen) atoms. The van der Waals surface area contributed by atoms with Crippen molar-refractivity contribution < 1.29 is 13.9 Å². The molecule has 1 unspecified atom stereocenters. The lowest BCUT2D eigenvalue weighted by Crippen LogP contribution is -2.51. The predicted molar refractivity (Wildman–Crippen MR) is 79.6 cm³/mol. The molecule has 0 bridgehead atoms. The number of rotatable bonds is 5. The maximum Gasteiger partial charge on any atom is 0.132 e. The highest BCUT2D eigenvalue weighted by Crippen LogP contribution is 2.28. The molecule has 0 radical (unpaired) electrons. The van der Waals surface area contributed by atoms with E-state index in [1.807, 2.05) is 0 Å². The highest BCUT2D eigenvalue weighted by atomic mass is 19.1. The zero-order valence-electron chi connectivity index (χ0n) is 12.6. The fourth-order valence-corrected chi connectivity index (χ4v) is 2.93. The molecule has 2 aromatic rings. The average Bonchev–Trinajstić information content (AvgIpc) is 3.00. The summed E-state index contributed by atoms with van der Waals surface area (Å²) in [4.78, 5) is 2.06. The number of β-amino-alcohol motifs (C(OH)–C–C–N with tert-alkyl or cyclic N) is 1. The van der Waals surface area contributed by atoms with Crippen molar-refractivity contribution in [3.8, 4) is 0 Å². The van der Waals surface area contributed by atoms with Crippen LogP contribution in [0.4, 0.5) is 8.78 Å². The zero-order valence-corrected chi connectivity index (χ0v) is 12.6. The number of hydrogen-bond acceptors (Lipinski definition) is 5. The lowest BCUT2D eigenvalue weighted by Gasteiger charge is -2.37. The number of halogens is 2. The van der Waals surface area contributed by atoms with Gasteiger partial charge in [0.2, 0.25) is 0 Å². The molecule has 1 fully saturated rings. The van der Waals surface area contributed by atoms with Gasteiger partial charge >= 0.3 is 0 Å². The standard InChI is InChI=1S/C15H19F2N5O/c16-12-1-2-13(14(17)7-12)15(23,9-22-10-19-20-11-22)8-21-5-3-18-4-6-21/h1-2,7,10-11,18,23H,3-6,8-9H2. The molecular weight excluding hydrogens is 304 g/mol. The van der Waals surface area contributed by atoms with E-state index in [4.69, 9.17) is 0 Å². The number of aliphatic hydroxyl groups is 1. The summed E-state index contributed by atoms with van der Waals surface area (Å²) in [7, 11) is 0. The van der Waals surface area contributed by atoms with Gasteiger partial charge < -0.3 is 15.0 Å². The van der Waals surface area contributed by atoms with Crippen molar-refractivity contribution in [3.05, 3.63) is 48.1 Å². The molecule has 0 aliphatic carbocycles. The highest BCUT2D eigenvalue weighted by Gasteiger charge is 2.35. The molecule has 6 nitrogen and oxygen atoms in total. The Morgan fingerprint density at radius 1 is 1.13 bits per heavy atom. The van der Waals surface area contributed by atoms with E-state index in [1.165, 1.54) is 18.7 Å². The Labute approximate surface area is 132 Å². The number of nitrogens with zero attached hydrogens (tertiary/aromatic N) is 4. The molecule has 1 aliphatic rings. The lowest BCUT2D eigenvalue weighted by molar-refractivity contribution is -0.0213. The van der Waals surface area contributed by atoms with E-state index in [0.717, 1.165) is 38.3 Å². The normalized spacial score (nSPS) is 18.7. The summed E-state index contributed by atoms with van der Waals surface area (Å²) < 4.78 is 29.1. The first-order valence-electron chi connectivity index (χ1n) is 7.50. The van der Waals surface area contributed by atoms with Crippen molar-refractivity contribution >= 4 is 0 Å². The second kappa shape index (κ2) is 6.69. The molecule has 124 valence electrons. The maximum atomic E-state index is 14.3. The van der Waals surface area contributed by atoms with Gasteiger partial charge in [-0.1, -0.05) is 6.07 Å². The summed E-state index contributed by atoms with van der Waals surface area (Å²) >= 11 is 0. The molecule has 2 heterocycles. The van der Waals surface area contributed by atoms with Crippen LogP contribution in [0.1, 0.15) is 5.56 Å². The molecule has 1 saturated heterocycles. The molecule has 0 amide bonds. The molecule has 0 spiro atoms. The van der Waals surface area contributed by atoms with E-state index >= 15 is 0 Å². The fraction of sp³-hybridized carbons (Fsp3) is 0.467. The summed E-state index contributed by atoms with van der Waals surface area (Å²) in [6, 6.07) is 3.26. The highest BCUT2D eigenvalue weighted by molar-refractivity contribution is 5.25. The van der Waals surface area contributed by atoms with Crippen LogP contribution in [0.25, 0.3) is 0 Å². The minimum atomic E-state index is -1.50. The minimum absolute atomic E-state index is 0.0751. The first-order valence-corrected chi connectivity index (χ1v) is 7.50. The first kappa shape index (κ1) is 16.0. The van der Waals surface area contributed by atoms with Gasteiger partial charge in [-0.2, -0.15) is 0 Å². The van der Waals surface area contributed by atoms with Crippen molar-refractivity contribution in [2.24, 2.45) is 0 Å². The largest absolute Gasteiger partial charge is 0.382 e. The van der Waals surface area contributed by atoms with Crippen LogP contribution < -0.4 is 5.32 Å². The Balaban J connectivity index is 1.90. The van der Waals surface area contributed by atoms with Gasteiger partial charge in [0.15, 0.2) is 0 Å². The Kier molecular flexibility index (Phi) is 4.65. The van der Waals surface area contributed by atoms with E-state index in [9.17, 15) is 13.9 Å². The quantitative estimate of drug-likeness (QED) is 0.831. The molecule has 1 aromatic heterocycles. The van der Waals surface area contributed by atoms with Crippen LogP contribution in [0.15, 0.2) is 30.9 Å². The molecule has 1 aliphatic heterocycles. The third-order valence-electron chi connectivity index (χ3n) is 4.04. The summed E-state index contributed by atoms with van der Waals surface area (Å²) in [6.45, 7) is 3.48. The summed E-state index contributed by atoms with van der Waals surface area (Å²) in [5.74, 6) is -1.42. The Morgan fingerprint density at radius 2 is 1.83 bits per heavy atom. The molecule has 8 heteroatoms. The van der Waals surface area contributed by atoms with Crippen LogP contribution in [-0.4, -0.2) is 57.5 Å². The Hall–Kier alpha value is -1.90. The zero-order chi connectivity index (χ0) is 16.3. The second-order valence-electron chi connectivity index (χ2n) is 5.82. The number of aromatic nitrogens is 3. The summed E-state index contributed by atoms with van der Waals surface area (Å²) in [5.41, 5.74) is -1.43. The Bertz CT molecular complexity index is 645. The van der Waals surface area contributed by atoms with Gasteiger partial charge in [-0.3, -0.25) is 4.90 Å². The van der Waals surface area contributed by atoms with Gasteiger partial charge in [0.05, 0.1) is 6.54 Å². The number of benzene rings is 1. The average molecular weight is 323 g/mol. The molecule has 1 atom stereocenters. The number of nitrogens with one attached hydrogen (secondary N) is 1. The van der Waals surface area contributed by atoms with Crippen molar-refractivity contribution in [1.29, 1.82) is 0 Å². The van der Waals surface area contributed by atoms with Crippen LogP contribution in [0.2, 0.25) is 0 Å². The summed E-state index contributed by atoms with van der Waals surface area (Å²) in [5, 5.41) is 21.8. The van der Waals surface area contributed by atoms with E-state index in [1.54, 1.807) is 4.57 Å². The minimum Gasteiger partial charge on any atom is -0.382 e. The Morgan fingerprint density at radius 3 is 2.48 bits per heavy atom. The van der Waals surface area contributed by atoms with E-state index in [-0.39, 0.29) is 18.7 Å². The van der Waals surface area contributed by atoms with Gasteiger partial charge in [-0.05, 0) is 6.07 Å². The van der Waals surface area contributed by atoms with Crippen LogP contribution in [0, 0.1) is 11.6 Å². The monoisotopic (exact) mass is 323 g/mol. The fourth-order valence-electron chi connectivity index (χ4n) is 2.93. The van der Waals surface area contributed by atoms with E-state index in [2.05, 4.69) is 20.4 Å². The SMILES string of the molecule is OC(CN1CCNCC1)(Cn1cnnc1)c1ccc(F)cc1F. The van der Waals surface area contributed by atoms with Crippen LogP contribution in [0.3, 0.4) is 0 Å².